The SMILES string of the molecule is CCCNC1CCN(CCc2cscn2)CC1. The van der Waals surface area contributed by atoms with Crippen molar-refractivity contribution in [2.75, 3.05) is 26.2 Å². The minimum atomic E-state index is 0.755. The third-order valence-corrected chi connectivity index (χ3v) is 4.07. The summed E-state index contributed by atoms with van der Waals surface area (Å²) >= 11 is 1.70. The van der Waals surface area contributed by atoms with Gasteiger partial charge in [0.2, 0.25) is 0 Å². The molecule has 0 aromatic carbocycles. The van der Waals surface area contributed by atoms with Crippen molar-refractivity contribution in [3.05, 3.63) is 16.6 Å². The van der Waals surface area contributed by atoms with E-state index in [0.29, 0.717) is 0 Å². The first-order valence-electron chi connectivity index (χ1n) is 6.71. The second-order valence-electron chi connectivity index (χ2n) is 4.80. The first-order valence-corrected chi connectivity index (χ1v) is 7.65. The van der Waals surface area contributed by atoms with Gasteiger partial charge in [-0.2, -0.15) is 0 Å². The molecule has 0 radical (unpaired) electrons. The Morgan fingerprint density at radius 2 is 2.29 bits per heavy atom. The normalized spacial score (nSPS) is 18.6. The molecule has 0 spiro atoms. The number of piperidine rings is 1. The maximum Gasteiger partial charge on any atom is 0.0794 e. The van der Waals surface area contributed by atoms with Crippen LogP contribution in [0, 0.1) is 0 Å². The summed E-state index contributed by atoms with van der Waals surface area (Å²) in [6.07, 6.45) is 4.95. The Bertz CT molecular complexity index is 292. The highest BCUT2D eigenvalue weighted by molar-refractivity contribution is 7.07. The number of likely N-dealkylation sites (tertiary alicyclic amines) is 1. The summed E-state index contributed by atoms with van der Waals surface area (Å²) in [6.45, 7) is 7.06. The lowest BCUT2D eigenvalue weighted by molar-refractivity contribution is 0.199. The molecule has 0 saturated carbocycles. The van der Waals surface area contributed by atoms with E-state index < -0.39 is 0 Å². The minimum absolute atomic E-state index is 0.755. The van der Waals surface area contributed by atoms with Crippen LogP contribution in [0.25, 0.3) is 0 Å². The fourth-order valence-corrected chi connectivity index (χ4v) is 2.94. The molecule has 1 aliphatic heterocycles. The maximum atomic E-state index is 4.34. The van der Waals surface area contributed by atoms with Crippen LogP contribution in [0.15, 0.2) is 10.9 Å². The van der Waals surface area contributed by atoms with Crippen LogP contribution in [0.3, 0.4) is 0 Å². The van der Waals surface area contributed by atoms with Crippen LogP contribution in [0.5, 0.6) is 0 Å². The summed E-state index contributed by atoms with van der Waals surface area (Å²) in [5.41, 5.74) is 3.18. The summed E-state index contributed by atoms with van der Waals surface area (Å²) in [6, 6.07) is 0.755. The first-order chi connectivity index (χ1) is 8.38. The van der Waals surface area contributed by atoms with Gasteiger partial charge in [0.25, 0.3) is 0 Å². The van der Waals surface area contributed by atoms with Gasteiger partial charge in [0.15, 0.2) is 0 Å². The number of hydrogen-bond acceptors (Lipinski definition) is 4. The van der Waals surface area contributed by atoms with E-state index in [-0.39, 0.29) is 0 Å². The molecule has 2 rings (SSSR count). The van der Waals surface area contributed by atoms with Crippen LogP contribution in [0.1, 0.15) is 31.9 Å². The second kappa shape index (κ2) is 7.09. The lowest BCUT2D eigenvalue weighted by Gasteiger charge is -2.32. The van der Waals surface area contributed by atoms with Gasteiger partial charge in [-0.05, 0) is 38.9 Å². The monoisotopic (exact) mass is 253 g/mol. The second-order valence-corrected chi connectivity index (χ2v) is 5.52. The molecule has 1 fully saturated rings. The van der Waals surface area contributed by atoms with Crippen molar-refractivity contribution in [3.8, 4) is 0 Å². The zero-order chi connectivity index (χ0) is 11.9. The molecule has 1 saturated heterocycles. The lowest BCUT2D eigenvalue weighted by atomic mass is 10.0. The van der Waals surface area contributed by atoms with Crippen molar-refractivity contribution in [1.29, 1.82) is 0 Å². The zero-order valence-corrected chi connectivity index (χ0v) is 11.5. The van der Waals surface area contributed by atoms with Crippen molar-refractivity contribution < 1.29 is 0 Å². The van der Waals surface area contributed by atoms with E-state index in [2.05, 4.69) is 27.5 Å². The van der Waals surface area contributed by atoms with Crippen LogP contribution < -0.4 is 5.32 Å². The maximum absolute atomic E-state index is 4.34. The van der Waals surface area contributed by atoms with E-state index in [1.807, 2.05) is 5.51 Å². The number of thiazole rings is 1. The molecular weight excluding hydrogens is 230 g/mol. The Kier molecular flexibility index (Phi) is 5.42. The smallest absolute Gasteiger partial charge is 0.0794 e. The average molecular weight is 253 g/mol. The number of nitrogens with zero attached hydrogens (tertiary/aromatic N) is 2. The van der Waals surface area contributed by atoms with Gasteiger partial charge in [-0.3, -0.25) is 0 Å². The highest BCUT2D eigenvalue weighted by atomic mass is 32.1. The summed E-state index contributed by atoms with van der Waals surface area (Å²) in [5.74, 6) is 0. The molecule has 17 heavy (non-hydrogen) atoms. The van der Waals surface area contributed by atoms with Gasteiger partial charge in [0, 0.05) is 24.4 Å². The Morgan fingerprint density at radius 3 is 2.94 bits per heavy atom. The molecular formula is C13H23N3S. The minimum Gasteiger partial charge on any atom is -0.314 e. The topological polar surface area (TPSA) is 28.2 Å². The standard InChI is InChI=1S/C13H23N3S/c1-2-6-14-12-3-7-16(8-4-12)9-5-13-10-17-11-15-13/h10-12,14H,2-9H2,1H3. The van der Waals surface area contributed by atoms with Crippen molar-refractivity contribution >= 4 is 11.3 Å². The number of nitrogens with one attached hydrogen (secondary N) is 1. The van der Waals surface area contributed by atoms with E-state index in [4.69, 9.17) is 0 Å². The molecule has 1 aliphatic rings. The molecule has 2 heterocycles. The Labute approximate surface area is 108 Å². The van der Waals surface area contributed by atoms with Crippen LogP contribution in [0.2, 0.25) is 0 Å². The largest absolute Gasteiger partial charge is 0.314 e. The van der Waals surface area contributed by atoms with Gasteiger partial charge in [0.05, 0.1) is 11.2 Å². The van der Waals surface area contributed by atoms with Gasteiger partial charge < -0.3 is 10.2 Å². The molecule has 0 unspecified atom stereocenters. The molecule has 1 aromatic rings. The van der Waals surface area contributed by atoms with Crippen molar-refractivity contribution in [3.63, 3.8) is 0 Å². The molecule has 4 heteroatoms. The van der Waals surface area contributed by atoms with Gasteiger partial charge in [-0.1, -0.05) is 6.92 Å². The van der Waals surface area contributed by atoms with E-state index in [1.165, 1.54) is 51.1 Å². The fourth-order valence-electron chi connectivity index (χ4n) is 2.34. The van der Waals surface area contributed by atoms with Crippen LogP contribution in [-0.4, -0.2) is 42.1 Å². The van der Waals surface area contributed by atoms with Crippen LogP contribution in [-0.2, 0) is 6.42 Å². The molecule has 1 aromatic heterocycles. The van der Waals surface area contributed by atoms with E-state index >= 15 is 0 Å². The third-order valence-electron chi connectivity index (χ3n) is 3.44. The first kappa shape index (κ1) is 13.0. The molecule has 0 atom stereocenters. The number of rotatable bonds is 6. The highest BCUT2D eigenvalue weighted by Gasteiger charge is 2.17. The molecule has 0 amide bonds. The summed E-state index contributed by atoms with van der Waals surface area (Å²) < 4.78 is 0. The molecule has 0 aliphatic carbocycles. The molecule has 0 bridgehead atoms. The van der Waals surface area contributed by atoms with E-state index in [0.717, 1.165) is 12.5 Å². The van der Waals surface area contributed by atoms with Gasteiger partial charge in [-0.15, -0.1) is 11.3 Å². The highest BCUT2D eigenvalue weighted by Crippen LogP contribution is 2.11. The van der Waals surface area contributed by atoms with Crippen molar-refractivity contribution in [2.45, 2.75) is 38.6 Å². The van der Waals surface area contributed by atoms with Crippen LogP contribution >= 0.6 is 11.3 Å². The third kappa shape index (κ3) is 4.37. The zero-order valence-electron chi connectivity index (χ0n) is 10.7. The molecule has 1 N–H and O–H groups in total. The van der Waals surface area contributed by atoms with Crippen molar-refractivity contribution in [1.82, 2.24) is 15.2 Å². The summed E-state index contributed by atoms with van der Waals surface area (Å²) in [5, 5.41) is 5.79. The Morgan fingerprint density at radius 1 is 1.47 bits per heavy atom. The van der Waals surface area contributed by atoms with Gasteiger partial charge >= 0.3 is 0 Å². The Hall–Kier alpha value is -0.450. The van der Waals surface area contributed by atoms with Crippen molar-refractivity contribution in [2.24, 2.45) is 0 Å². The number of hydrogen-bond donors (Lipinski definition) is 1. The molecule has 96 valence electrons. The Balaban J connectivity index is 1.62. The predicted molar refractivity (Wildman–Crippen MR) is 73.6 cm³/mol. The fraction of sp³-hybridized carbons (Fsp3) is 0.769. The molecule has 3 nitrogen and oxygen atoms in total. The van der Waals surface area contributed by atoms with Gasteiger partial charge in [-0.25, -0.2) is 4.98 Å². The lowest BCUT2D eigenvalue weighted by Crippen LogP contribution is -2.43. The average Bonchev–Trinajstić information content (AvgIpc) is 2.88. The number of aromatic nitrogens is 1. The van der Waals surface area contributed by atoms with E-state index in [9.17, 15) is 0 Å². The predicted octanol–water partition coefficient (Wildman–Crippen LogP) is 2.15. The van der Waals surface area contributed by atoms with Crippen LogP contribution in [0.4, 0.5) is 0 Å². The summed E-state index contributed by atoms with van der Waals surface area (Å²) in [4.78, 5) is 6.91. The summed E-state index contributed by atoms with van der Waals surface area (Å²) in [7, 11) is 0. The quantitative estimate of drug-likeness (QED) is 0.842. The van der Waals surface area contributed by atoms with Gasteiger partial charge in [0.1, 0.15) is 0 Å². The van der Waals surface area contributed by atoms with E-state index in [1.54, 1.807) is 11.3 Å².